The molecule has 0 spiro atoms. The molecule has 0 aliphatic rings. The van der Waals surface area contributed by atoms with Gasteiger partial charge in [-0.25, -0.2) is 0 Å². The zero-order valence-electron chi connectivity index (χ0n) is 71.2. The van der Waals surface area contributed by atoms with Gasteiger partial charge in [-0.15, -0.1) is 11.8 Å². The second-order valence-electron chi connectivity index (χ2n) is 30.6. The summed E-state index contributed by atoms with van der Waals surface area (Å²) in [6.45, 7) is 13.3. The van der Waals surface area contributed by atoms with E-state index in [-0.39, 0.29) is 120 Å². The van der Waals surface area contributed by atoms with Crippen molar-refractivity contribution in [1.29, 1.82) is 16.2 Å². The van der Waals surface area contributed by atoms with Crippen LogP contribution in [0.25, 0.3) is 0 Å². The maximum atomic E-state index is 15.0. The second-order valence-corrected chi connectivity index (χ2v) is 31.6. The molecule has 14 amide bonds. The molecule has 3 rings (SSSR count). The number of hydrogen-bond acceptors (Lipinski definition) is 19. The molecule has 0 fully saturated rings. The summed E-state index contributed by atoms with van der Waals surface area (Å²) in [7, 11) is 1.40. The summed E-state index contributed by atoms with van der Waals surface area (Å²) in [5, 5.41) is 75.5. The lowest BCUT2D eigenvalue weighted by Gasteiger charge is -2.31. The number of benzene rings is 3. The van der Waals surface area contributed by atoms with E-state index in [0.29, 0.717) is 24.8 Å². The third kappa shape index (κ3) is 41.2. The first kappa shape index (κ1) is 104. The first-order valence-corrected chi connectivity index (χ1v) is 42.3. The molecule has 0 saturated carbocycles. The summed E-state index contributed by atoms with van der Waals surface area (Å²) in [5.41, 5.74) is 24.2. The summed E-state index contributed by atoms with van der Waals surface area (Å²) in [5.74, 6) is -16.9. The van der Waals surface area contributed by atoms with Crippen LogP contribution in [0.1, 0.15) is 156 Å². The van der Waals surface area contributed by atoms with Crippen LogP contribution in [0.2, 0.25) is 0 Å². The highest BCUT2D eigenvalue weighted by Gasteiger charge is 2.39. The van der Waals surface area contributed by atoms with Crippen LogP contribution in [-0.4, -0.2) is 223 Å². The number of rotatable bonds is 58. The largest absolute Gasteiger partial charge is 0.481 e. The predicted molar refractivity (Wildman–Crippen MR) is 462 cm³/mol. The van der Waals surface area contributed by atoms with E-state index in [9.17, 15) is 77.0 Å². The maximum Gasteiger partial charge on any atom is 0.305 e. The van der Waals surface area contributed by atoms with E-state index in [1.165, 1.54) is 7.05 Å². The first-order valence-electron chi connectivity index (χ1n) is 41.1. The van der Waals surface area contributed by atoms with Crippen LogP contribution in [-0.2, 0) is 91.2 Å². The lowest BCUT2D eigenvalue weighted by molar-refractivity contribution is -0.142. The van der Waals surface area contributed by atoms with Gasteiger partial charge in [0.15, 0.2) is 17.9 Å². The van der Waals surface area contributed by atoms with Crippen molar-refractivity contribution in [2.45, 2.75) is 225 Å². The number of carbonyl (C=O) groups is 15. The van der Waals surface area contributed by atoms with Crippen molar-refractivity contribution in [2.24, 2.45) is 46.6 Å². The van der Waals surface area contributed by atoms with E-state index < -0.39 is 198 Å². The van der Waals surface area contributed by atoms with Crippen molar-refractivity contribution in [3.63, 3.8) is 0 Å². The van der Waals surface area contributed by atoms with Gasteiger partial charge in [-0.2, -0.15) is 0 Å². The average Bonchev–Trinajstić information content (AvgIpc) is 0.848. The fourth-order valence-corrected chi connectivity index (χ4v) is 13.3. The average molecular weight is 1730 g/mol. The molecular weight excluding hydrogens is 1600 g/mol. The number of aliphatic carboxylic acids is 1. The van der Waals surface area contributed by atoms with E-state index in [4.69, 9.17) is 39.2 Å². The van der Waals surface area contributed by atoms with E-state index in [0.717, 1.165) is 22.9 Å². The van der Waals surface area contributed by atoms with E-state index in [1.54, 1.807) is 83.1 Å². The van der Waals surface area contributed by atoms with Crippen LogP contribution in [0.3, 0.4) is 0 Å². The van der Waals surface area contributed by atoms with Crippen LogP contribution in [0.4, 0.5) is 0 Å². The van der Waals surface area contributed by atoms with Gasteiger partial charge in [0.1, 0.15) is 66.5 Å². The summed E-state index contributed by atoms with van der Waals surface area (Å²) in [6, 6.07) is 10.4. The van der Waals surface area contributed by atoms with Gasteiger partial charge in [0.25, 0.3) is 0 Å². The van der Waals surface area contributed by atoms with Crippen molar-refractivity contribution >= 4 is 118 Å². The highest BCUT2D eigenvalue weighted by atomic mass is 32.2. The van der Waals surface area contributed by atoms with E-state index >= 15 is 0 Å². The minimum atomic E-state index is -2.02. The zero-order valence-corrected chi connectivity index (χ0v) is 72.0. The number of hydrogen-bond donors (Lipinski definition) is 24. The first-order chi connectivity index (χ1) is 57.9. The van der Waals surface area contributed by atoms with Gasteiger partial charge in [0.05, 0.1) is 18.7 Å². The van der Waals surface area contributed by atoms with Gasteiger partial charge in [-0.1, -0.05) is 159 Å². The number of thioether (sulfide) groups is 1. The van der Waals surface area contributed by atoms with Crippen molar-refractivity contribution in [2.75, 3.05) is 44.7 Å². The van der Waals surface area contributed by atoms with E-state index in [1.807, 2.05) is 63.2 Å². The normalized spacial score (nSPS) is 14.2. The molecule has 0 unspecified atom stereocenters. The molecule has 3 aromatic carbocycles. The van der Waals surface area contributed by atoms with Crippen LogP contribution in [0.5, 0.6) is 0 Å². The van der Waals surface area contributed by atoms with Crippen LogP contribution >= 0.6 is 11.8 Å². The molecule has 122 heavy (non-hydrogen) atoms. The number of carboxylic acid groups (broad SMARTS) is 1. The number of primary amides is 1. The zero-order chi connectivity index (χ0) is 91.0. The summed E-state index contributed by atoms with van der Waals surface area (Å²) < 4.78 is 0. The Bertz CT molecular complexity index is 3940. The lowest BCUT2D eigenvalue weighted by atomic mass is 9.95. The van der Waals surface area contributed by atoms with Gasteiger partial charge in [0.2, 0.25) is 82.7 Å². The fourth-order valence-electron chi connectivity index (χ4n) is 12.4. The quantitative estimate of drug-likeness (QED) is 0.0171. The van der Waals surface area contributed by atoms with Crippen LogP contribution in [0, 0.1) is 39.9 Å². The molecule has 0 aromatic heterocycles. The Morgan fingerprint density at radius 2 is 0.746 bits per heavy atom. The third-order valence-corrected chi connectivity index (χ3v) is 20.9. The summed E-state index contributed by atoms with van der Waals surface area (Å²) in [6.07, 6.45) is 0.203. The van der Waals surface area contributed by atoms with Crippen LogP contribution in [0.15, 0.2) is 91.0 Å². The Morgan fingerprint density at radius 1 is 0.385 bits per heavy atom. The number of nitrogens with one attached hydrogen (secondary N) is 19. The monoisotopic (exact) mass is 1720 g/mol. The number of guanidine groups is 3. The lowest BCUT2D eigenvalue weighted by Crippen LogP contribution is -2.62. The highest BCUT2D eigenvalue weighted by molar-refractivity contribution is 8.00. The highest BCUT2D eigenvalue weighted by Crippen LogP contribution is 2.18. The Labute approximate surface area is 716 Å². The Morgan fingerprint density at radius 3 is 1.16 bits per heavy atom. The Balaban J connectivity index is 2.06. The Hall–Kier alpha value is -12.1. The smallest absolute Gasteiger partial charge is 0.305 e. The molecule has 0 aliphatic heterocycles. The van der Waals surface area contributed by atoms with Gasteiger partial charge in [0, 0.05) is 45.3 Å². The topological polar surface area (TPSA) is 644 Å². The molecule has 13 atom stereocenters. The third-order valence-electron chi connectivity index (χ3n) is 19.8. The van der Waals surface area contributed by atoms with Gasteiger partial charge < -0.3 is 113 Å². The molecular formula is C82H129N23O16S. The molecule has 0 saturated heterocycles. The van der Waals surface area contributed by atoms with Crippen molar-refractivity contribution in [3.05, 3.63) is 108 Å². The molecule has 28 N–H and O–H groups in total. The van der Waals surface area contributed by atoms with Crippen LogP contribution < -0.4 is 108 Å². The number of aryl methyl sites for hydroxylation is 2. The maximum absolute atomic E-state index is 15.0. The second kappa shape index (κ2) is 56.4. The van der Waals surface area contributed by atoms with Crippen molar-refractivity contribution < 1.29 is 77.0 Å². The molecule has 0 aliphatic carbocycles. The van der Waals surface area contributed by atoms with Gasteiger partial charge >= 0.3 is 5.97 Å². The van der Waals surface area contributed by atoms with Crippen molar-refractivity contribution in [1.82, 2.24) is 85.1 Å². The molecule has 3 aromatic rings. The number of carboxylic acids is 1. The number of nitrogens with two attached hydrogens (primary N) is 4. The van der Waals surface area contributed by atoms with Crippen molar-refractivity contribution in [3.8, 4) is 0 Å². The fraction of sp³-hybridized carbons (Fsp3) is 0.561. The Kier molecular flexibility index (Phi) is 48.1. The molecule has 0 heterocycles. The summed E-state index contributed by atoms with van der Waals surface area (Å²) in [4.78, 5) is 211. The standard InChI is InChI=1S/C82H129N23O16S/c1-10-49(7)67(105-74(116)58(37-34-51-24-15-12-16-25-51)99-79(121)68(50(8)11-2)104-73(115)57(36-33-47(3)4)95-63(107)38-35-52-26-17-13-18-27-52)78(120)98-55(31-22-40-92-81(86)87)70(112)100-60(43-65(109)110)76(118)97-56(32-23-41-93-82(88)89)72(114)103-66(48(5)6)77(119)101-59(42-53-28-19-14-20-29-53)75(117)96-54(30-21-39-91-80(84)85)71(113)102-61(45-122-46-64(108)90-9)69(111)94-44-62(83)106/h12-20,24-29,47-50,54-61,66-68H,10-11,21-23,30-46H2,1-9H3,(H2,83,106)(H,90,108)(H,94,111)(H,95,107)(H,96,117)(H,97,118)(H,98,120)(H,99,121)(H,100,112)(H,101,119)(H,102,113)(H,103,114)(H,104,115)(H,105,116)(H,109,110)(H4,84,85,91)(H4,86,87,92)(H4,88,89,93)/t49-,50-,54-,55-,56-,57-,58-,59-,60-,61-,66-,67-,68-/m0/s1. The minimum Gasteiger partial charge on any atom is -0.481 e. The molecule has 39 nitrogen and oxygen atoms in total. The van der Waals surface area contributed by atoms with Gasteiger partial charge in [-0.05, 0) is 111 Å². The number of amides is 14. The number of carbonyl (C=O) groups excluding carboxylic acids is 14. The molecule has 0 bridgehead atoms. The van der Waals surface area contributed by atoms with E-state index in [2.05, 4.69) is 85.1 Å². The molecule has 674 valence electrons. The minimum absolute atomic E-state index is 0.00156. The summed E-state index contributed by atoms with van der Waals surface area (Å²) >= 11 is 0.964. The molecule has 0 radical (unpaired) electrons. The SMILES string of the molecule is CC[C@H](C)[C@H](NC(=O)[C@H](CCc1ccccc1)NC(=O)[C@@H](NC(=O)[C@H](CCC(C)C)NC(=O)CCc1ccccc1)[C@@H](C)CC)C(=O)N[C@@H](CCCNC(=N)N)C(=O)N[C@@H](CC(=O)O)C(=O)N[C@@H](CCCNC(=N)N)C(=O)N[C@H](C(=O)N[C@@H](Cc1ccccc1)C(=O)N[C@@H](CCCNC(=N)N)C(=O)N[C@@H](CSCC(=O)NC)C(=O)NCC(N)=O)C(C)C. The predicted octanol–water partition coefficient (Wildman–Crippen LogP) is -1.64. The molecule has 40 heteroatoms. The van der Waals surface area contributed by atoms with Gasteiger partial charge in [-0.3, -0.25) is 88.1 Å².